The zero-order chi connectivity index (χ0) is 19.8. The van der Waals surface area contributed by atoms with Gasteiger partial charge in [-0.3, -0.25) is 9.59 Å². The Bertz CT molecular complexity index is 795. The molecule has 1 amide bonds. The summed E-state index contributed by atoms with van der Waals surface area (Å²) in [6, 6.07) is 1.95. The van der Waals surface area contributed by atoms with Gasteiger partial charge in [-0.15, -0.1) is 11.3 Å². The molecular formula is C19H23NO5S2. The normalized spacial score (nSPS) is 10.5. The molecule has 0 unspecified atom stereocenters. The molecule has 2 rings (SSSR count). The molecule has 27 heavy (non-hydrogen) atoms. The predicted octanol–water partition coefficient (Wildman–Crippen LogP) is 3.97. The van der Waals surface area contributed by atoms with Gasteiger partial charge in [0.15, 0.2) is 6.61 Å². The average molecular weight is 410 g/mol. The number of hydrogen-bond donors (Lipinski definition) is 1. The topological polar surface area (TPSA) is 81.7 Å². The summed E-state index contributed by atoms with van der Waals surface area (Å²) < 4.78 is 10.1. The summed E-state index contributed by atoms with van der Waals surface area (Å²) >= 11 is 2.91. The third-order valence-electron chi connectivity index (χ3n) is 3.86. The molecule has 0 aliphatic rings. The Labute approximate surface area is 166 Å². The quantitative estimate of drug-likeness (QED) is 0.634. The van der Waals surface area contributed by atoms with Crippen molar-refractivity contribution in [2.45, 2.75) is 40.0 Å². The number of esters is 2. The van der Waals surface area contributed by atoms with Crippen LogP contribution in [0.5, 0.6) is 0 Å². The van der Waals surface area contributed by atoms with Crippen LogP contribution in [-0.4, -0.2) is 31.1 Å². The summed E-state index contributed by atoms with van der Waals surface area (Å²) in [6.45, 7) is 5.42. The van der Waals surface area contributed by atoms with Crippen molar-refractivity contribution < 1.29 is 23.9 Å². The number of thiophene rings is 2. The minimum absolute atomic E-state index is 0.218. The largest absolute Gasteiger partial charge is 0.462 e. The number of rotatable bonds is 9. The van der Waals surface area contributed by atoms with E-state index in [0.717, 1.165) is 22.4 Å². The molecule has 0 aromatic carbocycles. The molecule has 0 radical (unpaired) electrons. The van der Waals surface area contributed by atoms with Crippen molar-refractivity contribution in [2.24, 2.45) is 0 Å². The van der Waals surface area contributed by atoms with Crippen LogP contribution in [0.4, 0.5) is 5.00 Å². The number of amides is 1. The number of aryl methyl sites for hydroxylation is 2. The smallest absolute Gasteiger partial charge is 0.341 e. The molecule has 0 saturated carbocycles. The fourth-order valence-corrected chi connectivity index (χ4v) is 4.35. The van der Waals surface area contributed by atoms with E-state index >= 15 is 0 Å². The van der Waals surface area contributed by atoms with Crippen molar-refractivity contribution in [3.8, 4) is 0 Å². The van der Waals surface area contributed by atoms with Crippen LogP contribution in [-0.2, 0) is 31.9 Å². The minimum atomic E-state index is -0.478. The highest BCUT2D eigenvalue weighted by molar-refractivity contribution is 7.17. The molecule has 6 nitrogen and oxygen atoms in total. The van der Waals surface area contributed by atoms with Crippen molar-refractivity contribution in [3.63, 3.8) is 0 Å². The van der Waals surface area contributed by atoms with Crippen molar-refractivity contribution in [1.29, 1.82) is 0 Å². The first-order chi connectivity index (χ1) is 13.0. The highest BCUT2D eigenvalue weighted by Gasteiger charge is 2.23. The van der Waals surface area contributed by atoms with Gasteiger partial charge in [0, 0.05) is 11.3 Å². The van der Waals surface area contributed by atoms with E-state index in [9.17, 15) is 14.4 Å². The monoisotopic (exact) mass is 409 g/mol. The molecule has 0 aliphatic carbocycles. The zero-order valence-corrected chi connectivity index (χ0v) is 17.3. The maximum absolute atomic E-state index is 12.2. The second-order valence-electron chi connectivity index (χ2n) is 5.77. The molecule has 0 saturated heterocycles. The first kappa shape index (κ1) is 21.1. The summed E-state index contributed by atoms with van der Waals surface area (Å²) in [5, 5.41) is 7.03. The van der Waals surface area contributed by atoms with Gasteiger partial charge >= 0.3 is 11.9 Å². The first-order valence-corrected chi connectivity index (χ1v) is 10.5. The molecule has 0 bridgehead atoms. The van der Waals surface area contributed by atoms with E-state index in [4.69, 9.17) is 9.47 Å². The van der Waals surface area contributed by atoms with Gasteiger partial charge < -0.3 is 14.8 Å². The van der Waals surface area contributed by atoms with Gasteiger partial charge in [0.2, 0.25) is 0 Å². The number of nitrogens with one attached hydrogen (secondary N) is 1. The summed E-state index contributed by atoms with van der Waals surface area (Å²) in [5.41, 5.74) is 2.25. The number of hydrogen-bond acceptors (Lipinski definition) is 7. The number of ether oxygens (including phenoxy) is 2. The Hall–Kier alpha value is -2.19. The Morgan fingerprint density at radius 3 is 2.59 bits per heavy atom. The second kappa shape index (κ2) is 10.2. The molecule has 146 valence electrons. The Balaban J connectivity index is 1.92. The fraction of sp³-hybridized carbons (Fsp3) is 0.421. The molecule has 2 heterocycles. The SMILES string of the molecule is CCOC(=O)c1c(NC(=O)COC(=O)CCc2ccsc2)sc(CC)c1C. The highest BCUT2D eigenvalue weighted by atomic mass is 32.1. The third kappa shape index (κ3) is 5.90. The maximum atomic E-state index is 12.2. The van der Waals surface area contributed by atoms with E-state index in [1.54, 1.807) is 18.3 Å². The lowest BCUT2D eigenvalue weighted by molar-refractivity contribution is -0.147. The van der Waals surface area contributed by atoms with Crippen molar-refractivity contribution in [3.05, 3.63) is 38.4 Å². The molecular weight excluding hydrogens is 386 g/mol. The number of carbonyl (C=O) groups excluding carboxylic acids is 3. The Morgan fingerprint density at radius 2 is 1.96 bits per heavy atom. The highest BCUT2D eigenvalue weighted by Crippen LogP contribution is 2.34. The second-order valence-corrected chi connectivity index (χ2v) is 7.65. The van der Waals surface area contributed by atoms with Crippen molar-refractivity contribution in [2.75, 3.05) is 18.5 Å². The first-order valence-electron chi connectivity index (χ1n) is 8.72. The van der Waals surface area contributed by atoms with E-state index < -0.39 is 17.8 Å². The van der Waals surface area contributed by atoms with Gasteiger partial charge in [-0.2, -0.15) is 11.3 Å². The molecule has 0 aliphatic heterocycles. The molecule has 0 atom stereocenters. The summed E-state index contributed by atoms with van der Waals surface area (Å²) in [5.74, 6) is -1.37. The molecule has 0 fully saturated rings. The van der Waals surface area contributed by atoms with Crippen LogP contribution in [0.25, 0.3) is 0 Å². The van der Waals surface area contributed by atoms with Crippen LogP contribution in [0.3, 0.4) is 0 Å². The average Bonchev–Trinajstić information content (AvgIpc) is 3.26. The molecule has 0 spiro atoms. The van der Waals surface area contributed by atoms with Gasteiger partial charge in [-0.05, 0) is 54.6 Å². The fourth-order valence-electron chi connectivity index (χ4n) is 2.50. The van der Waals surface area contributed by atoms with E-state index in [2.05, 4.69) is 5.32 Å². The van der Waals surface area contributed by atoms with E-state index in [1.807, 2.05) is 30.7 Å². The van der Waals surface area contributed by atoms with Gasteiger partial charge in [0.25, 0.3) is 5.91 Å². The predicted molar refractivity (Wildman–Crippen MR) is 107 cm³/mol. The van der Waals surface area contributed by atoms with Gasteiger partial charge in [-0.25, -0.2) is 4.79 Å². The Kier molecular flexibility index (Phi) is 7.99. The van der Waals surface area contributed by atoms with Crippen LogP contribution in [0.2, 0.25) is 0 Å². The standard InChI is InChI=1S/C19H23NO5S2/c1-4-14-12(3)17(19(23)24-5-2)18(27-14)20-15(21)10-25-16(22)7-6-13-8-9-26-11-13/h8-9,11H,4-7,10H2,1-3H3,(H,20,21). The van der Waals surface area contributed by atoms with E-state index in [-0.39, 0.29) is 19.6 Å². The lowest BCUT2D eigenvalue weighted by atomic mass is 10.1. The zero-order valence-electron chi connectivity index (χ0n) is 15.6. The van der Waals surface area contributed by atoms with Gasteiger partial charge in [0.1, 0.15) is 5.00 Å². The summed E-state index contributed by atoms with van der Waals surface area (Å²) in [7, 11) is 0. The van der Waals surface area contributed by atoms with Crippen LogP contribution in [0.1, 0.15) is 46.6 Å². The number of carbonyl (C=O) groups is 3. The van der Waals surface area contributed by atoms with Gasteiger partial charge in [0.05, 0.1) is 12.2 Å². The lowest BCUT2D eigenvalue weighted by Gasteiger charge is -2.08. The lowest BCUT2D eigenvalue weighted by Crippen LogP contribution is -2.21. The maximum Gasteiger partial charge on any atom is 0.341 e. The summed E-state index contributed by atoms with van der Waals surface area (Å²) in [6.07, 6.45) is 1.55. The van der Waals surface area contributed by atoms with Gasteiger partial charge in [-0.1, -0.05) is 6.92 Å². The van der Waals surface area contributed by atoms with Crippen LogP contribution in [0.15, 0.2) is 16.8 Å². The van der Waals surface area contributed by atoms with Crippen LogP contribution < -0.4 is 5.32 Å². The van der Waals surface area contributed by atoms with E-state index in [0.29, 0.717) is 17.0 Å². The number of anilines is 1. The van der Waals surface area contributed by atoms with Crippen LogP contribution >= 0.6 is 22.7 Å². The Morgan fingerprint density at radius 1 is 1.19 bits per heavy atom. The van der Waals surface area contributed by atoms with Crippen molar-refractivity contribution in [1.82, 2.24) is 0 Å². The molecule has 8 heteroatoms. The van der Waals surface area contributed by atoms with Crippen LogP contribution in [0, 0.1) is 6.92 Å². The third-order valence-corrected chi connectivity index (χ3v) is 5.94. The van der Waals surface area contributed by atoms with Crippen molar-refractivity contribution >= 4 is 45.5 Å². The van der Waals surface area contributed by atoms with E-state index in [1.165, 1.54) is 11.3 Å². The molecule has 2 aromatic heterocycles. The summed E-state index contributed by atoms with van der Waals surface area (Å²) in [4.78, 5) is 37.2. The molecule has 1 N–H and O–H groups in total. The minimum Gasteiger partial charge on any atom is -0.462 e. The molecule has 2 aromatic rings.